The van der Waals surface area contributed by atoms with Gasteiger partial charge in [-0.05, 0) is 24.4 Å². The molecule has 0 unspecified atom stereocenters. The summed E-state index contributed by atoms with van der Waals surface area (Å²) in [6.07, 6.45) is -1.43. The summed E-state index contributed by atoms with van der Waals surface area (Å²) in [4.78, 5) is 51.7. The van der Waals surface area contributed by atoms with Crippen LogP contribution in [0.3, 0.4) is 0 Å². The van der Waals surface area contributed by atoms with Crippen molar-refractivity contribution >= 4 is 36.0 Å². The van der Waals surface area contributed by atoms with Crippen LogP contribution in [0.25, 0.3) is 11.4 Å². The number of ether oxygens (including phenoxy) is 4. The van der Waals surface area contributed by atoms with E-state index in [4.69, 9.17) is 31.2 Å². The van der Waals surface area contributed by atoms with Crippen molar-refractivity contribution in [1.82, 2.24) is 24.6 Å². The van der Waals surface area contributed by atoms with Crippen LogP contribution in [0.1, 0.15) is 33.9 Å². The lowest BCUT2D eigenvalue weighted by molar-refractivity contribution is -0.239. The van der Waals surface area contributed by atoms with E-state index < -0.39 is 54.4 Å². The predicted molar refractivity (Wildman–Crippen MR) is 125 cm³/mol. The van der Waals surface area contributed by atoms with E-state index in [1.807, 2.05) is 0 Å². The molecule has 2 aromatic rings. The molecule has 0 spiro atoms. The Labute approximate surface area is 211 Å². The Morgan fingerprint density at radius 3 is 2.19 bits per heavy atom. The van der Waals surface area contributed by atoms with Gasteiger partial charge in [0, 0.05) is 52.7 Å². The Morgan fingerprint density at radius 2 is 1.64 bits per heavy atom. The molecule has 5 atom stereocenters. The van der Waals surface area contributed by atoms with Crippen LogP contribution in [-0.2, 0) is 45.2 Å². The summed E-state index contributed by atoms with van der Waals surface area (Å²) < 4.78 is 25.5. The predicted octanol–water partition coefficient (Wildman–Crippen LogP) is 0.842. The lowest BCUT2D eigenvalue weighted by Gasteiger charge is -2.45. The smallest absolute Gasteiger partial charge is 0.303 e. The molecule has 1 fully saturated rings. The second-order valence-corrected chi connectivity index (χ2v) is 8.45. The van der Waals surface area contributed by atoms with Crippen molar-refractivity contribution in [2.45, 2.75) is 58.3 Å². The normalized spacial score (nSPS) is 23.4. The van der Waals surface area contributed by atoms with E-state index in [-0.39, 0.29) is 11.4 Å². The van der Waals surface area contributed by atoms with E-state index in [1.165, 1.54) is 32.4 Å². The third-order valence-electron chi connectivity index (χ3n) is 5.27. The number of amides is 1. The Bertz CT molecular complexity index is 1200. The molecule has 13 nitrogen and oxygen atoms in total. The molecule has 1 N–H and O–H groups in total. The molecule has 0 radical (unpaired) electrons. The maximum absolute atomic E-state index is 12.2. The molecule has 1 aliphatic rings. The van der Waals surface area contributed by atoms with Crippen LogP contribution in [0, 0.1) is 4.77 Å². The third-order valence-corrected chi connectivity index (χ3v) is 5.73. The van der Waals surface area contributed by atoms with Gasteiger partial charge in [0.1, 0.15) is 18.8 Å². The van der Waals surface area contributed by atoms with E-state index in [1.54, 1.807) is 36.1 Å². The van der Waals surface area contributed by atoms with Crippen molar-refractivity contribution in [2.24, 2.45) is 7.05 Å². The van der Waals surface area contributed by atoms with E-state index in [0.29, 0.717) is 5.82 Å². The zero-order valence-electron chi connectivity index (χ0n) is 20.4. The molecule has 1 saturated heterocycles. The number of aromatic nitrogens is 4. The molecule has 2 aromatic heterocycles. The van der Waals surface area contributed by atoms with Gasteiger partial charge in [0.15, 0.2) is 29.0 Å². The Balaban J connectivity index is 2.15. The fourth-order valence-corrected chi connectivity index (χ4v) is 4.12. The number of carbonyl (C=O) groups excluding carboxylic acids is 4. The van der Waals surface area contributed by atoms with Gasteiger partial charge in [-0.3, -0.25) is 24.2 Å². The van der Waals surface area contributed by atoms with Gasteiger partial charge < -0.3 is 28.8 Å². The first kappa shape index (κ1) is 26.9. The van der Waals surface area contributed by atoms with Gasteiger partial charge in [-0.15, -0.1) is 5.10 Å². The Morgan fingerprint density at radius 1 is 1.03 bits per heavy atom. The highest BCUT2D eigenvalue weighted by Crippen LogP contribution is 2.33. The van der Waals surface area contributed by atoms with Crippen LogP contribution in [-0.4, -0.2) is 74.1 Å². The highest BCUT2D eigenvalue weighted by Gasteiger charge is 2.52. The number of pyridine rings is 1. The molecule has 0 aliphatic carbocycles. The zero-order chi connectivity index (χ0) is 26.6. The first-order valence-electron chi connectivity index (χ1n) is 11.0. The van der Waals surface area contributed by atoms with Crippen molar-refractivity contribution in [2.75, 3.05) is 6.61 Å². The molecule has 1 aliphatic heterocycles. The van der Waals surface area contributed by atoms with Gasteiger partial charge in [0.25, 0.3) is 0 Å². The third kappa shape index (κ3) is 6.12. The molecule has 1 amide bonds. The molecule has 14 heteroatoms. The number of hydrogen-bond donors (Lipinski definition) is 1. The minimum atomic E-state index is -1.22. The number of nitrogens with one attached hydrogen (secondary N) is 1. The van der Waals surface area contributed by atoms with Crippen LogP contribution in [0.2, 0.25) is 0 Å². The van der Waals surface area contributed by atoms with Gasteiger partial charge >= 0.3 is 17.9 Å². The molecular weight excluding hydrogens is 494 g/mol. The average Bonchev–Trinajstić information content (AvgIpc) is 3.09. The molecule has 0 bridgehead atoms. The van der Waals surface area contributed by atoms with Crippen LogP contribution in [0.4, 0.5) is 0 Å². The lowest BCUT2D eigenvalue weighted by atomic mass is 9.95. The lowest BCUT2D eigenvalue weighted by Crippen LogP contribution is -2.64. The van der Waals surface area contributed by atoms with Gasteiger partial charge in [-0.25, -0.2) is 4.68 Å². The van der Waals surface area contributed by atoms with Crippen LogP contribution in [0.15, 0.2) is 24.5 Å². The molecule has 36 heavy (non-hydrogen) atoms. The fourth-order valence-electron chi connectivity index (χ4n) is 3.89. The van der Waals surface area contributed by atoms with Crippen molar-refractivity contribution < 1.29 is 38.1 Å². The summed E-state index contributed by atoms with van der Waals surface area (Å²) in [6.45, 7) is 4.50. The molecule has 0 aromatic carbocycles. The largest absolute Gasteiger partial charge is 0.463 e. The average molecular weight is 522 g/mol. The first-order valence-corrected chi connectivity index (χ1v) is 11.4. The van der Waals surface area contributed by atoms with Crippen molar-refractivity contribution in [3.05, 3.63) is 29.3 Å². The van der Waals surface area contributed by atoms with E-state index in [9.17, 15) is 19.2 Å². The monoisotopic (exact) mass is 521 g/mol. The number of nitrogens with zero attached hydrogens (tertiary/aromatic N) is 4. The summed E-state index contributed by atoms with van der Waals surface area (Å²) in [5.74, 6) is -1.97. The van der Waals surface area contributed by atoms with Gasteiger partial charge in [-0.2, -0.15) is 0 Å². The second kappa shape index (κ2) is 11.4. The summed E-state index contributed by atoms with van der Waals surface area (Å²) in [5.41, 5.74) is 0.718. The summed E-state index contributed by atoms with van der Waals surface area (Å²) in [6, 6.07) is 2.42. The van der Waals surface area contributed by atoms with Crippen molar-refractivity contribution in [3.63, 3.8) is 0 Å². The number of esters is 3. The van der Waals surface area contributed by atoms with Gasteiger partial charge in [0.05, 0.1) is 0 Å². The fraction of sp³-hybridized carbons (Fsp3) is 0.500. The number of carbonyl (C=O) groups is 4. The highest BCUT2D eigenvalue weighted by molar-refractivity contribution is 7.71. The van der Waals surface area contributed by atoms with Crippen molar-refractivity contribution in [1.29, 1.82) is 0 Å². The Kier molecular flexibility index (Phi) is 8.53. The second-order valence-electron chi connectivity index (χ2n) is 8.09. The molecular formula is C22H27N5O8S. The summed E-state index contributed by atoms with van der Waals surface area (Å²) >= 11 is 5.61. The van der Waals surface area contributed by atoms with E-state index in [0.717, 1.165) is 5.56 Å². The summed E-state index contributed by atoms with van der Waals surface area (Å²) in [5, 5.41) is 7.31. The van der Waals surface area contributed by atoms with Crippen LogP contribution in [0.5, 0.6) is 0 Å². The SMILES string of the molecule is CC(=O)N[C@@H]1[C@H](OC(C)=O)[C@H](OC(C)=O)[C@@H](COC(C)=O)O[C@@H]1n1nc(-c2ccncc2)n(C)c1=S. The molecule has 3 rings (SSSR count). The van der Waals surface area contributed by atoms with Crippen LogP contribution < -0.4 is 5.32 Å². The zero-order valence-corrected chi connectivity index (χ0v) is 21.2. The van der Waals surface area contributed by atoms with E-state index in [2.05, 4.69) is 15.4 Å². The quantitative estimate of drug-likeness (QED) is 0.313. The maximum atomic E-state index is 12.2. The van der Waals surface area contributed by atoms with E-state index >= 15 is 0 Å². The van der Waals surface area contributed by atoms with Crippen molar-refractivity contribution in [3.8, 4) is 11.4 Å². The standard InChI is InChI=1S/C22H27N5O8S/c1-11(28)24-17-19(34-14(4)31)18(33-13(3)30)16(10-32-12(2)29)35-21(17)27-22(36)26(5)20(25-27)15-6-8-23-9-7-15/h6-9,16-19,21H,10H2,1-5H3,(H,24,28)/t16-,17-,18-,19+,21+/m1/s1. The van der Waals surface area contributed by atoms with Gasteiger partial charge in [0.2, 0.25) is 5.91 Å². The Hall–Kier alpha value is -3.65. The minimum absolute atomic E-state index is 0.223. The summed E-state index contributed by atoms with van der Waals surface area (Å²) in [7, 11) is 1.71. The molecule has 194 valence electrons. The maximum Gasteiger partial charge on any atom is 0.303 e. The highest BCUT2D eigenvalue weighted by atomic mass is 32.1. The number of rotatable bonds is 7. The number of hydrogen-bond acceptors (Lipinski definition) is 11. The van der Waals surface area contributed by atoms with Gasteiger partial charge in [-0.1, -0.05) is 0 Å². The first-order chi connectivity index (χ1) is 17.0. The molecule has 0 saturated carbocycles. The minimum Gasteiger partial charge on any atom is -0.463 e. The van der Waals surface area contributed by atoms with Crippen LogP contribution >= 0.6 is 12.2 Å². The topological polar surface area (TPSA) is 153 Å². The molecule has 3 heterocycles.